The van der Waals surface area contributed by atoms with Crippen molar-refractivity contribution in [3.05, 3.63) is 0 Å². The van der Waals surface area contributed by atoms with Gasteiger partial charge in [-0.25, -0.2) is 8.42 Å². The maximum atomic E-state index is 11.3. The van der Waals surface area contributed by atoms with Crippen molar-refractivity contribution in [3.8, 4) is 12.3 Å². The summed E-state index contributed by atoms with van der Waals surface area (Å²) in [6.45, 7) is 4.98. The summed E-state index contributed by atoms with van der Waals surface area (Å²) in [6.07, 6.45) is 7.36. The Hall–Kier alpha value is -0.570. The Morgan fingerprint density at radius 1 is 1.41 bits per heavy atom. The van der Waals surface area contributed by atoms with Crippen molar-refractivity contribution in [2.75, 3.05) is 37.7 Å². The van der Waals surface area contributed by atoms with Crippen LogP contribution in [0.4, 0.5) is 0 Å². The van der Waals surface area contributed by atoms with E-state index in [-0.39, 0.29) is 11.5 Å². The van der Waals surface area contributed by atoms with Crippen molar-refractivity contribution in [1.29, 1.82) is 0 Å². The van der Waals surface area contributed by atoms with Gasteiger partial charge in [0.2, 0.25) is 0 Å². The summed E-state index contributed by atoms with van der Waals surface area (Å²) < 4.78 is 22.6. The molecule has 98 valence electrons. The summed E-state index contributed by atoms with van der Waals surface area (Å²) in [5.41, 5.74) is 0. The van der Waals surface area contributed by atoms with Crippen LogP contribution >= 0.6 is 0 Å². The number of rotatable bonds is 6. The van der Waals surface area contributed by atoms with Gasteiger partial charge in [-0.15, -0.1) is 6.42 Å². The fourth-order valence-electron chi connectivity index (χ4n) is 1.99. The predicted molar refractivity (Wildman–Crippen MR) is 70.6 cm³/mol. The standard InChI is InChI=1S/C12H22N2O2S/c1-3-8-14-9-5-12(6-10-14)13-7-11-17(15,16)4-2/h1,12-13H,4-11H2,2H3. The van der Waals surface area contributed by atoms with Gasteiger partial charge in [-0.3, -0.25) is 4.90 Å². The highest BCUT2D eigenvalue weighted by molar-refractivity contribution is 7.91. The lowest BCUT2D eigenvalue weighted by atomic mass is 10.1. The Balaban J connectivity index is 2.17. The molecule has 1 saturated heterocycles. The van der Waals surface area contributed by atoms with Crippen LogP contribution in [0.3, 0.4) is 0 Å². The number of likely N-dealkylation sites (tertiary alicyclic amines) is 1. The van der Waals surface area contributed by atoms with Gasteiger partial charge in [0.25, 0.3) is 0 Å². The van der Waals surface area contributed by atoms with Crippen molar-refractivity contribution < 1.29 is 8.42 Å². The molecule has 0 aromatic rings. The van der Waals surface area contributed by atoms with Gasteiger partial charge >= 0.3 is 0 Å². The van der Waals surface area contributed by atoms with Crippen LogP contribution in [0.15, 0.2) is 0 Å². The van der Waals surface area contributed by atoms with Gasteiger partial charge in [-0.1, -0.05) is 12.8 Å². The normalized spacial score (nSPS) is 19.1. The maximum absolute atomic E-state index is 11.3. The van der Waals surface area contributed by atoms with Gasteiger partial charge in [-0.2, -0.15) is 0 Å². The van der Waals surface area contributed by atoms with Crippen LogP contribution in [0, 0.1) is 12.3 Å². The van der Waals surface area contributed by atoms with E-state index >= 15 is 0 Å². The lowest BCUT2D eigenvalue weighted by molar-refractivity contribution is 0.219. The van der Waals surface area contributed by atoms with Crippen LogP contribution in [0.25, 0.3) is 0 Å². The zero-order valence-corrected chi connectivity index (χ0v) is 11.3. The summed E-state index contributed by atoms with van der Waals surface area (Å²) in [5.74, 6) is 3.12. The maximum Gasteiger partial charge on any atom is 0.151 e. The molecule has 17 heavy (non-hydrogen) atoms. The molecule has 1 N–H and O–H groups in total. The third kappa shape index (κ3) is 5.53. The van der Waals surface area contributed by atoms with E-state index in [0.29, 0.717) is 12.6 Å². The largest absolute Gasteiger partial charge is 0.313 e. The van der Waals surface area contributed by atoms with Crippen LogP contribution in [0.1, 0.15) is 19.8 Å². The van der Waals surface area contributed by atoms with Gasteiger partial charge in [0.15, 0.2) is 9.84 Å². The molecule has 0 saturated carbocycles. The first kappa shape index (κ1) is 14.5. The van der Waals surface area contributed by atoms with Crippen molar-refractivity contribution in [2.45, 2.75) is 25.8 Å². The fraction of sp³-hybridized carbons (Fsp3) is 0.833. The first-order valence-corrected chi connectivity index (χ1v) is 7.99. The Morgan fingerprint density at radius 3 is 2.59 bits per heavy atom. The van der Waals surface area contributed by atoms with E-state index in [0.717, 1.165) is 32.5 Å². The van der Waals surface area contributed by atoms with Crippen LogP contribution in [0.5, 0.6) is 0 Å². The summed E-state index contributed by atoms with van der Waals surface area (Å²) in [5, 5.41) is 3.32. The summed E-state index contributed by atoms with van der Waals surface area (Å²) in [6, 6.07) is 0.441. The lowest BCUT2D eigenvalue weighted by Gasteiger charge is -2.31. The minimum atomic E-state index is -2.84. The molecule has 0 amide bonds. The van der Waals surface area contributed by atoms with Gasteiger partial charge in [0.1, 0.15) is 0 Å². The van der Waals surface area contributed by atoms with Crippen molar-refractivity contribution in [3.63, 3.8) is 0 Å². The molecule has 0 atom stereocenters. The number of hydrogen-bond donors (Lipinski definition) is 1. The van der Waals surface area contributed by atoms with Crippen LogP contribution in [0.2, 0.25) is 0 Å². The molecule has 1 heterocycles. The van der Waals surface area contributed by atoms with E-state index in [2.05, 4.69) is 16.1 Å². The van der Waals surface area contributed by atoms with Gasteiger partial charge in [0.05, 0.1) is 12.3 Å². The second kappa shape index (κ2) is 7.00. The number of terminal acetylenes is 1. The average Bonchev–Trinajstić information content (AvgIpc) is 2.32. The Kier molecular flexibility index (Phi) is 5.96. The average molecular weight is 258 g/mol. The molecule has 0 aromatic heterocycles. The SMILES string of the molecule is C#CCN1CCC(NCCS(=O)(=O)CC)CC1. The van der Waals surface area contributed by atoms with Crippen LogP contribution < -0.4 is 5.32 Å². The number of nitrogens with one attached hydrogen (secondary N) is 1. The van der Waals surface area contributed by atoms with E-state index in [1.807, 2.05) is 0 Å². The summed E-state index contributed by atoms with van der Waals surface area (Å²) in [4.78, 5) is 2.25. The molecule has 5 heteroatoms. The van der Waals surface area contributed by atoms with E-state index in [4.69, 9.17) is 6.42 Å². The molecule has 0 bridgehead atoms. The highest BCUT2D eigenvalue weighted by atomic mass is 32.2. The number of hydrogen-bond acceptors (Lipinski definition) is 4. The molecular formula is C12H22N2O2S. The minimum absolute atomic E-state index is 0.231. The third-order valence-corrected chi connectivity index (χ3v) is 4.89. The van der Waals surface area contributed by atoms with Crippen molar-refractivity contribution in [1.82, 2.24) is 10.2 Å². The first-order chi connectivity index (χ1) is 8.07. The monoisotopic (exact) mass is 258 g/mol. The van der Waals surface area contributed by atoms with E-state index < -0.39 is 9.84 Å². The van der Waals surface area contributed by atoms with Crippen LogP contribution in [-0.4, -0.2) is 57.0 Å². The Bertz CT molecular complexity index is 351. The minimum Gasteiger partial charge on any atom is -0.313 e. The molecule has 0 aromatic carbocycles. The van der Waals surface area contributed by atoms with E-state index in [1.165, 1.54) is 0 Å². The van der Waals surface area contributed by atoms with Gasteiger partial charge in [0, 0.05) is 31.4 Å². The second-order valence-electron chi connectivity index (χ2n) is 4.45. The highest BCUT2D eigenvalue weighted by Gasteiger charge is 2.18. The zero-order chi connectivity index (χ0) is 12.7. The van der Waals surface area contributed by atoms with E-state index in [1.54, 1.807) is 6.92 Å². The topological polar surface area (TPSA) is 49.4 Å². The van der Waals surface area contributed by atoms with Crippen LogP contribution in [-0.2, 0) is 9.84 Å². The molecule has 0 aliphatic carbocycles. The molecule has 1 fully saturated rings. The molecule has 1 aliphatic rings. The molecule has 0 unspecified atom stereocenters. The van der Waals surface area contributed by atoms with E-state index in [9.17, 15) is 8.42 Å². The zero-order valence-electron chi connectivity index (χ0n) is 10.5. The second-order valence-corrected chi connectivity index (χ2v) is 6.92. The number of sulfone groups is 1. The molecule has 1 rings (SSSR count). The third-order valence-electron chi connectivity index (χ3n) is 3.19. The molecular weight excluding hydrogens is 236 g/mol. The first-order valence-electron chi connectivity index (χ1n) is 6.17. The highest BCUT2D eigenvalue weighted by Crippen LogP contribution is 2.09. The molecule has 1 aliphatic heterocycles. The predicted octanol–water partition coefficient (Wildman–Crippen LogP) is 0.108. The number of nitrogens with zero attached hydrogens (tertiary/aromatic N) is 1. The fourth-order valence-corrected chi connectivity index (χ4v) is 2.70. The molecule has 0 spiro atoms. The lowest BCUT2D eigenvalue weighted by Crippen LogP contribution is -2.43. The van der Waals surface area contributed by atoms with Crippen molar-refractivity contribution in [2.24, 2.45) is 0 Å². The quantitative estimate of drug-likeness (QED) is 0.687. The van der Waals surface area contributed by atoms with Gasteiger partial charge < -0.3 is 5.32 Å². The Morgan fingerprint density at radius 2 is 2.06 bits per heavy atom. The molecule has 0 radical (unpaired) electrons. The summed E-state index contributed by atoms with van der Waals surface area (Å²) >= 11 is 0. The van der Waals surface area contributed by atoms with Gasteiger partial charge in [-0.05, 0) is 12.8 Å². The molecule has 4 nitrogen and oxygen atoms in total. The summed E-state index contributed by atoms with van der Waals surface area (Å²) in [7, 11) is -2.84. The van der Waals surface area contributed by atoms with Crippen molar-refractivity contribution >= 4 is 9.84 Å². The number of piperidine rings is 1. The smallest absolute Gasteiger partial charge is 0.151 e. The Labute approximate surface area is 105 Å².